The molecule has 0 N–H and O–H groups in total. The Morgan fingerprint density at radius 1 is 1.44 bits per heavy atom. The van der Waals surface area contributed by atoms with Gasteiger partial charge in [-0.05, 0) is 25.6 Å². The van der Waals surface area contributed by atoms with Gasteiger partial charge >= 0.3 is 0 Å². The summed E-state index contributed by atoms with van der Waals surface area (Å²) in [6.07, 6.45) is 0. The van der Waals surface area contributed by atoms with Crippen molar-refractivity contribution in [3.8, 4) is 0 Å². The fraction of sp³-hybridized carbons (Fsp3) is 0.583. The van der Waals surface area contributed by atoms with E-state index in [4.69, 9.17) is 11.6 Å². The monoisotopic (exact) mass is 239 g/mol. The predicted octanol–water partition coefficient (Wildman–Crippen LogP) is 2.27. The predicted molar refractivity (Wildman–Crippen MR) is 68.2 cm³/mol. The second kappa shape index (κ2) is 5.02. The topological polar surface area (TPSA) is 19.4 Å². The molecule has 0 saturated carbocycles. The van der Waals surface area contributed by atoms with Crippen LogP contribution < -0.4 is 4.90 Å². The largest absolute Gasteiger partial charge is 0.354 e. The quantitative estimate of drug-likeness (QED) is 0.739. The third kappa shape index (κ3) is 2.47. The van der Waals surface area contributed by atoms with Crippen LogP contribution in [0.25, 0.3) is 0 Å². The van der Waals surface area contributed by atoms with E-state index >= 15 is 0 Å². The molecular weight excluding hydrogens is 222 g/mol. The Hall–Kier alpha value is -0.800. The summed E-state index contributed by atoms with van der Waals surface area (Å²) in [4.78, 5) is 9.15. The molecule has 1 aliphatic heterocycles. The molecule has 16 heavy (non-hydrogen) atoms. The van der Waals surface area contributed by atoms with Gasteiger partial charge in [0.15, 0.2) is 0 Å². The lowest BCUT2D eigenvalue weighted by molar-refractivity contribution is 0.199. The number of aromatic nitrogens is 1. The molecule has 0 aromatic carbocycles. The van der Waals surface area contributed by atoms with Crippen molar-refractivity contribution in [3.05, 3.63) is 23.4 Å². The number of nitrogens with zero attached hydrogens (tertiary/aromatic N) is 3. The molecule has 0 spiro atoms. The summed E-state index contributed by atoms with van der Waals surface area (Å²) >= 11 is 5.91. The Balaban J connectivity index is 2.07. The third-order valence-corrected chi connectivity index (χ3v) is 3.41. The normalized spacial score (nSPS) is 22.4. The number of likely N-dealkylation sites (N-methyl/N-ethyl adjacent to an activating group) is 1. The van der Waals surface area contributed by atoms with E-state index in [2.05, 4.69) is 28.6 Å². The molecule has 3 nitrogen and oxygen atoms in total. The van der Waals surface area contributed by atoms with Crippen molar-refractivity contribution in [3.63, 3.8) is 0 Å². The molecule has 0 bridgehead atoms. The average molecular weight is 240 g/mol. The fourth-order valence-corrected chi connectivity index (χ4v) is 2.41. The first-order chi connectivity index (χ1) is 7.70. The molecule has 1 saturated heterocycles. The van der Waals surface area contributed by atoms with Crippen LogP contribution in [0.5, 0.6) is 0 Å². The van der Waals surface area contributed by atoms with Crippen molar-refractivity contribution in [1.29, 1.82) is 0 Å². The maximum atomic E-state index is 5.91. The van der Waals surface area contributed by atoms with Crippen LogP contribution in [0.2, 0.25) is 5.15 Å². The zero-order chi connectivity index (χ0) is 11.5. The maximum Gasteiger partial charge on any atom is 0.131 e. The lowest BCUT2D eigenvalue weighted by Crippen LogP contribution is -2.51. The molecule has 0 amide bonds. The van der Waals surface area contributed by atoms with Crippen molar-refractivity contribution in [2.75, 3.05) is 31.1 Å². The van der Waals surface area contributed by atoms with Gasteiger partial charge in [-0.15, -0.1) is 0 Å². The Labute approximate surface area is 102 Å². The van der Waals surface area contributed by atoms with Crippen LogP contribution in [-0.2, 0) is 0 Å². The summed E-state index contributed by atoms with van der Waals surface area (Å²) < 4.78 is 0. The summed E-state index contributed by atoms with van der Waals surface area (Å²) in [7, 11) is 0. The highest BCUT2D eigenvalue weighted by Crippen LogP contribution is 2.18. The van der Waals surface area contributed by atoms with Gasteiger partial charge in [0.2, 0.25) is 0 Å². The Morgan fingerprint density at radius 3 is 2.88 bits per heavy atom. The first kappa shape index (κ1) is 11.7. The van der Waals surface area contributed by atoms with E-state index in [0.29, 0.717) is 11.2 Å². The molecular formula is C12H18ClN3. The number of piperazine rings is 1. The van der Waals surface area contributed by atoms with Crippen LogP contribution in [0.4, 0.5) is 5.82 Å². The number of anilines is 1. The SMILES string of the molecule is CCN1CCN(c2cccc(Cl)n2)CC1C. The van der Waals surface area contributed by atoms with Gasteiger partial charge in [0.1, 0.15) is 11.0 Å². The number of pyridine rings is 1. The van der Waals surface area contributed by atoms with Crippen molar-refractivity contribution in [2.24, 2.45) is 0 Å². The van der Waals surface area contributed by atoms with Crippen LogP contribution in [0.15, 0.2) is 18.2 Å². The summed E-state index contributed by atoms with van der Waals surface area (Å²) in [6, 6.07) is 6.39. The van der Waals surface area contributed by atoms with E-state index in [1.54, 1.807) is 0 Å². The molecule has 0 aliphatic carbocycles. The molecule has 4 heteroatoms. The third-order valence-electron chi connectivity index (χ3n) is 3.20. The summed E-state index contributed by atoms with van der Waals surface area (Å²) in [6.45, 7) is 8.76. The summed E-state index contributed by atoms with van der Waals surface area (Å²) in [5, 5.41) is 0.572. The van der Waals surface area contributed by atoms with E-state index in [1.807, 2.05) is 18.2 Å². The van der Waals surface area contributed by atoms with Crippen molar-refractivity contribution < 1.29 is 0 Å². The highest BCUT2D eigenvalue weighted by atomic mass is 35.5. The van der Waals surface area contributed by atoms with E-state index in [0.717, 1.165) is 32.0 Å². The maximum absolute atomic E-state index is 5.91. The van der Waals surface area contributed by atoms with Crippen molar-refractivity contribution >= 4 is 17.4 Å². The first-order valence-corrected chi connectivity index (χ1v) is 6.20. The van der Waals surface area contributed by atoms with Crippen LogP contribution >= 0.6 is 11.6 Å². The van der Waals surface area contributed by atoms with Crippen LogP contribution in [-0.4, -0.2) is 42.1 Å². The molecule has 1 aromatic heterocycles. The van der Waals surface area contributed by atoms with Gasteiger partial charge < -0.3 is 4.90 Å². The standard InChI is InChI=1S/C12H18ClN3/c1-3-15-7-8-16(9-10(15)2)12-6-4-5-11(13)14-12/h4-6,10H,3,7-9H2,1-2H3. The number of hydrogen-bond donors (Lipinski definition) is 0. The minimum absolute atomic E-state index is 0.572. The van der Waals surface area contributed by atoms with Gasteiger partial charge in [-0.3, -0.25) is 4.90 Å². The molecule has 1 atom stereocenters. The van der Waals surface area contributed by atoms with E-state index in [-0.39, 0.29) is 0 Å². The zero-order valence-electron chi connectivity index (χ0n) is 9.86. The Bertz CT molecular complexity index is 356. The molecule has 88 valence electrons. The fourth-order valence-electron chi connectivity index (χ4n) is 2.25. The smallest absolute Gasteiger partial charge is 0.131 e. The summed E-state index contributed by atoms with van der Waals surface area (Å²) in [5.74, 6) is 0.995. The van der Waals surface area contributed by atoms with E-state index in [1.165, 1.54) is 0 Å². The average Bonchev–Trinajstić information content (AvgIpc) is 2.29. The molecule has 1 aliphatic rings. The van der Waals surface area contributed by atoms with Crippen molar-refractivity contribution in [2.45, 2.75) is 19.9 Å². The highest BCUT2D eigenvalue weighted by molar-refractivity contribution is 6.29. The van der Waals surface area contributed by atoms with Gasteiger partial charge in [0.25, 0.3) is 0 Å². The summed E-state index contributed by atoms with van der Waals surface area (Å²) in [5.41, 5.74) is 0. The van der Waals surface area contributed by atoms with Gasteiger partial charge in [0, 0.05) is 25.7 Å². The van der Waals surface area contributed by atoms with Gasteiger partial charge in [-0.25, -0.2) is 4.98 Å². The molecule has 2 rings (SSSR count). The van der Waals surface area contributed by atoms with Crippen LogP contribution in [0.3, 0.4) is 0 Å². The molecule has 1 unspecified atom stereocenters. The van der Waals surface area contributed by atoms with E-state index < -0.39 is 0 Å². The highest BCUT2D eigenvalue weighted by Gasteiger charge is 2.22. The van der Waals surface area contributed by atoms with Crippen molar-refractivity contribution in [1.82, 2.24) is 9.88 Å². The lowest BCUT2D eigenvalue weighted by Gasteiger charge is -2.39. The van der Waals surface area contributed by atoms with Crippen LogP contribution in [0, 0.1) is 0 Å². The second-order valence-electron chi connectivity index (χ2n) is 4.24. The lowest BCUT2D eigenvalue weighted by atomic mass is 10.2. The minimum atomic E-state index is 0.572. The molecule has 1 aromatic rings. The first-order valence-electron chi connectivity index (χ1n) is 5.82. The van der Waals surface area contributed by atoms with E-state index in [9.17, 15) is 0 Å². The second-order valence-corrected chi connectivity index (χ2v) is 4.63. The number of hydrogen-bond acceptors (Lipinski definition) is 3. The number of halogens is 1. The minimum Gasteiger partial charge on any atom is -0.354 e. The van der Waals surface area contributed by atoms with Gasteiger partial charge in [-0.1, -0.05) is 24.6 Å². The number of rotatable bonds is 2. The molecule has 1 fully saturated rings. The van der Waals surface area contributed by atoms with Crippen LogP contribution in [0.1, 0.15) is 13.8 Å². The molecule has 0 radical (unpaired) electrons. The molecule has 2 heterocycles. The van der Waals surface area contributed by atoms with Gasteiger partial charge in [0.05, 0.1) is 0 Å². The Kier molecular flexibility index (Phi) is 3.66. The van der Waals surface area contributed by atoms with Gasteiger partial charge in [-0.2, -0.15) is 0 Å². The zero-order valence-corrected chi connectivity index (χ0v) is 10.6. The Morgan fingerprint density at radius 2 is 2.25 bits per heavy atom.